The monoisotopic (exact) mass is 712 g/mol. The number of Topliss-reactive ketones (excluding diaryl/α,β-unsaturated/α-hetero) is 4. The van der Waals surface area contributed by atoms with Gasteiger partial charge in [-0.2, -0.15) is 0 Å². The number of rotatable bonds is 9. The Kier molecular flexibility index (Phi) is 9.06. The molecular formula is C37H44O4Se2. The zero-order valence-corrected chi connectivity index (χ0v) is 29.1. The average Bonchev–Trinajstić information content (AvgIpc) is 3.36. The van der Waals surface area contributed by atoms with E-state index in [0.29, 0.717) is 49.5 Å². The molecule has 0 unspecified atom stereocenters. The van der Waals surface area contributed by atoms with Crippen LogP contribution in [0, 0.1) is 46.3 Å². The summed E-state index contributed by atoms with van der Waals surface area (Å²) in [5, 5.41) is 0. The van der Waals surface area contributed by atoms with Gasteiger partial charge in [-0.1, -0.05) is 0 Å². The molecule has 6 rings (SSSR count). The van der Waals surface area contributed by atoms with Gasteiger partial charge in [-0.3, -0.25) is 4.79 Å². The van der Waals surface area contributed by atoms with E-state index in [1.165, 1.54) is 8.92 Å². The number of carbonyl (C=O) groups excluding carboxylic acids is 4. The Morgan fingerprint density at radius 2 is 1.49 bits per heavy atom. The molecule has 8 atom stereocenters. The Bertz CT molecular complexity index is 1330. The molecule has 4 aliphatic rings. The zero-order valence-electron chi connectivity index (χ0n) is 25.6. The molecule has 4 fully saturated rings. The molecular weight excluding hydrogens is 666 g/mol. The molecule has 43 heavy (non-hydrogen) atoms. The molecule has 2 aromatic carbocycles. The van der Waals surface area contributed by atoms with Crippen LogP contribution in [0.2, 0.25) is 3.71 Å². The van der Waals surface area contributed by atoms with E-state index >= 15 is 0 Å². The van der Waals surface area contributed by atoms with Gasteiger partial charge < -0.3 is 0 Å². The van der Waals surface area contributed by atoms with E-state index in [2.05, 4.69) is 69.3 Å². The summed E-state index contributed by atoms with van der Waals surface area (Å²) < 4.78 is 2.59. The first kappa shape index (κ1) is 31.2. The van der Waals surface area contributed by atoms with Crippen molar-refractivity contribution < 1.29 is 19.2 Å². The third-order valence-corrected chi connectivity index (χ3v) is 18.4. The molecule has 0 radical (unpaired) electrons. The SMILES string of the molecule is C[C@H](CCC(=O)C([Se]c1ccccc1)[Se]c1ccccc1)[C@H]1CC[C@H]2[C@@H]3C(=O)C[C@@H]4CC(=O)CC[C@]4(C)[C@H]3CC(=O)[C@]12C. The first-order chi connectivity index (χ1) is 20.6. The van der Waals surface area contributed by atoms with Crippen LogP contribution in [0.4, 0.5) is 0 Å². The molecule has 0 spiro atoms. The third kappa shape index (κ3) is 5.83. The van der Waals surface area contributed by atoms with E-state index in [9.17, 15) is 19.2 Å². The van der Waals surface area contributed by atoms with Crippen LogP contribution in [0.5, 0.6) is 0 Å². The summed E-state index contributed by atoms with van der Waals surface area (Å²) in [6, 6.07) is 20.9. The molecule has 228 valence electrons. The standard InChI is InChI=1S/C37H44O4Se2/c1-23(14-17-31(39)35(42-26-10-6-4-7-11-26)43-27-12-8-5-9-13-27)28-15-16-29-34-30(22-33(41)37(28,29)3)36(2)19-18-25(38)20-24(36)21-32(34)40/h4-13,23-24,28-30,34-35H,14-22H2,1-3H3/t23-,24+,28-,29+,30+,34+,36+,37-/m1/s1. The van der Waals surface area contributed by atoms with Crippen molar-refractivity contribution in [3.8, 4) is 0 Å². The molecule has 0 aromatic heterocycles. The van der Waals surface area contributed by atoms with E-state index < -0.39 is 5.41 Å². The van der Waals surface area contributed by atoms with Crippen molar-refractivity contribution in [3.05, 3.63) is 60.7 Å². The topological polar surface area (TPSA) is 68.3 Å². The summed E-state index contributed by atoms with van der Waals surface area (Å²) in [7, 11) is 0. The first-order valence-corrected chi connectivity index (χ1v) is 19.8. The number of hydrogen-bond donors (Lipinski definition) is 0. The fraction of sp³-hybridized carbons (Fsp3) is 0.568. The van der Waals surface area contributed by atoms with E-state index in [1.54, 1.807) is 0 Å². The van der Waals surface area contributed by atoms with Crippen molar-refractivity contribution in [2.45, 2.75) is 82.3 Å². The number of ketones is 4. The van der Waals surface area contributed by atoms with Crippen LogP contribution in [0.15, 0.2) is 60.7 Å². The average molecular weight is 711 g/mol. The van der Waals surface area contributed by atoms with Gasteiger partial charge in [-0.15, -0.1) is 0 Å². The van der Waals surface area contributed by atoms with Crippen molar-refractivity contribution in [1.29, 1.82) is 0 Å². The Morgan fingerprint density at radius 1 is 0.860 bits per heavy atom. The van der Waals surface area contributed by atoms with Gasteiger partial charge in [0.1, 0.15) is 5.78 Å². The predicted molar refractivity (Wildman–Crippen MR) is 172 cm³/mol. The van der Waals surface area contributed by atoms with Gasteiger partial charge in [0.2, 0.25) is 0 Å². The fourth-order valence-corrected chi connectivity index (χ4v) is 15.9. The summed E-state index contributed by atoms with van der Waals surface area (Å²) in [6.45, 7) is 6.69. The summed E-state index contributed by atoms with van der Waals surface area (Å²) in [4.78, 5) is 54.0. The summed E-state index contributed by atoms with van der Waals surface area (Å²) >= 11 is 0.157. The zero-order chi connectivity index (χ0) is 30.4. The van der Waals surface area contributed by atoms with E-state index in [0.717, 1.165) is 25.7 Å². The van der Waals surface area contributed by atoms with Crippen molar-refractivity contribution in [2.75, 3.05) is 0 Å². The van der Waals surface area contributed by atoms with Gasteiger partial charge in [0.05, 0.1) is 0 Å². The van der Waals surface area contributed by atoms with Crippen molar-refractivity contribution in [2.24, 2.45) is 46.3 Å². The van der Waals surface area contributed by atoms with E-state index in [4.69, 9.17) is 0 Å². The van der Waals surface area contributed by atoms with Crippen LogP contribution in [-0.4, -0.2) is 53.0 Å². The van der Waals surface area contributed by atoms with Crippen LogP contribution >= 0.6 is 0 Å². The first-order valence-electron chi connectivity index (χ1n) is 16.1. The van der Waals surface area contributed by atoms with E-state index in [-0.39, 0.29) is 80.3 Å². The van der Waals surface area contributed by atoms with Gasteiger partial charge in [0, 0.05) is 12.8 Å². The Labute approximate surface area is 269 Å². The predicted octanol–water partition coefficient (Wildman–Crippen LogP) is 5.36. The minimum atomic E-state index is -0.492. The number of carbonyl (C=O) groups is 4. The summed E-state index contributed by atoms with van der Waals surface area (Å²) in [6.07, 6.45) is 6.14. The van der Waals surface area contributed by atoms with Crippen LogP contribution in [-0.2, 0) is 19.2 Å². The molecule has 0 N–H and O–H groups in total. The summed E-state index contributed by atoms with van der Waals surface area (Å²) in [5.74, 6) is 1.98. The molecule has 4 nitrogen and oxygen atoms in total. The minimum absolute atomic E-state index is 0.0527. The molecule has 4 saturated carbocycles. The molecule has 4 aliphatic carbocycles. The normalized spacial score (nSPS) is 34.4. The molecule has 0 bridgehead atoms. The fourth-order valence-electron chi connectivity index (χ4n) is 9.48. The number of benzene rings is 2. The van der Waals surface area contributed by atoms with Crippen LogP contribution in [0.3, 0.4) is 0 Å². The second-order valence-electron chi connectivity index (χ2n) is 14.1. The quantitative estimate of drug-likeness (QED) is 0.329. The van der Waals surface area contributed by atoms with Crippen LogP contribution in [0.25, 0.3) is 0 Å². The molecule has 0 aliphatic heterocycles. The van der Waals surface area contributed by atoms with Crippen molar-refractivity contribution >= 4 is 62.0 Å². The maximum atomic E-state index is 14.2. The summed E-state index contributed by atoms with van der Waals surface area (Å²) in [5.41, 5.74) is -0.579. The Morgan fingerprint density at radius 3 is 2.12 bits per heavy atom. The Balaban J connectivity index is 1.16. The van der Waals surface area contributed by atoms with E-state index in [1.807, 2.05) is 12.1 Å². The van der Waals surface area contributed by atoms with Gasteiger partial charge in [0.15, 0.2) is 0 Å². The number of fused-ring (bicyclic) bond motifs is 5. The Hall–Kier alpha value is -1.84. The second kappa shape index (κ2) is 12.5. The van der Waals surface area contributed by atoms with Gasteiger partial charge in [-0.05, 0) is 0 Å². The van der Waals surface area contributed by atoms with Crippen molar-refractivity contribution in [1.82, 2.24) is 0 Å². The molecule has 0 amide bonds. The maximum absolute atomic E-state index is 14.2. The van der Waals surface area contributed by atoms with Crippen LogP contribution < -0.4 is 8.92 Å². The second-order valence-corrected chi connectivity index (χ2v) is 20.6. The molecule has 6 heteroatoms. The van der Waals surface area contributed by atoms with Gasteiger partial charge in [0.25, 0.3) is 0 Å². The number of hydrogen-bond acceptors (Lipinski definition) is 4. The molecule has 0 saturated heterocycles. The molecule has 2 aromatic rings. The molecule has 0 heterocycles. The van der Waals surface area contributed by atoms with Crippen LogP contribution in [0.1, 0.15) is 78.6 Å². The van der Waals surface area contributed by atoms with Crippen molar-refractivity contribution in [3.63, 3.8) is 0 Å². The third-order valence-electron chi connectivity index (χ3n) is 12.0. The van der Waals surface area contributed by atoms with Gasteiger partial charge >= 0.3 is 247 Å². The van der Waals surface area contributed by atoms with Gasteiger partial charge in [-0.25, -0.2) is 0 Å².